The van der Waals surface area contributed by atoms with E-state index in [0.717, 1.165) is 19.3 Å². The molecule has 2 nitrogen and oxygen atoms in total. The topological polar surface area (TPSA) is 26.3 Å². The Morgan fingerprint density at radius 3 is 2.94 bits per heavy atom. The molecule has 0 amide bonds. The molecule has 0 aliphatic heterocycles. The molecule has 0 saturated carbocycles. The Bertz CT molecular complexity index is 315. The van der Waals surface area contributed by atoms with E-state index in [1.54, 1.807) is 0 Å². The van der Waals surface area contributed by atoms with Crippen LogP contribution in [0.2, 0.25) is 0 Å². The number of carbonyl (C=O) groups excluding carboxylic acids is 1. The zero-order valence-corrected chi connectivity index (χ0v) is 11.3. The van der Waals surface area contributed by atoms with Crippen LogP contribution in [0.4, 0.5) is 0 Å². The van der Waals surface area contributed by atoms with Gasteiger partial charge in [0, 0.05) is 0 Å². The van der Waals surface area contributed by atoms with Crippen LogP contribution in [0.25, 0.3) is 0 Å². The van der Waals surface area contributed by atoms with Crippen LogP contribution in [-0.2, 0) is 9.53 Å². The van der Waals surface area contributed by atoms with Crippen LogP contribution in [-0.4, -0.2) is 12.6 Å². The van der Waals surface area contributed by atoms with Crippen LogP contribution in [0.1, 0.15) is 46.5 Å². The number of ether oxygens (including phenoxy) is 1. The molecule has 1 aliphatic rings. The maximum absolute atomic E-state index is 11.6. The third-order valence-electron chi connectivity index (χ3n) is 3.41. The summed E-state index contributed by atoms with van der Waals surface area (Å²) in [6, 6.07) is 0. The lowest BCUT2D eigenvalue weighted by Gasteiger charge is -2.24. The molecule has 2 atom stereocenters. The van der Waals surface area contributed by atoms with E-state index in [-0.39, 0.29) is 11.9 Å². The molecule has 1 rings (SSSR count). The van der Waals surface area contributed by atoms with Gasteiger partial charge in [0.1, 0.15) is 0 Å². The van der Waals surface area contributed by atoms with E-state index in [1.807, 2.05) is 13.8 Å². The maximum atomic E-state index is 11.6. The average molecular weight is 236 g/mol. The fourth-order valence-electron chi connectivity index (χ4n) is 2.34. The SMILES string of the molecule is C=C(C)[C@@H]1CCC=C(CC(C)C(=O)OCC)C1. The van der Waals surface area contributed by atoms with Gasteiger partial charge in [-0.3, -0.25) is 4.79 Å². The zero-order valence-electron chi connectivity index (χ0n) is 11.3. The van der Waals surface area contributed by atoms with Crippen molar-refractivity contribution in [1.82, 2.24) is 0 Å². The molecular formula is C15H24O2. The molecule has 0 saturated heterocycles. The Balaban J connectivity index is 2.48. The van der Waals surface area contributed by atoms with Gasteiger partial charge in [-0.1, -0.05) is 30.7 Å². The standard InChI is InChI=1S/C15H24O2/c1-5-17-15(16)12(4)9-13-7-6-8-14(10-13)11(2)3/h7,12,14H,2,5-6,8-10H2,1,3-4H3/t12?,14-/m1/s1. The molecule has 0 spiro atoms. The molecule has 96 valence electrons. The van der Waals surface area contributed by atoms with E-state index in [0.29, 0.717) is 12.5 Å². The second kappa shape index (κ2) is 6.63. The van der Waals surface area contributed by atoms with Crippen LogP contribution in [0.5, 0.6) is 0 Å². The summed E-state index contributed by atoms with van der Waals surface area (Å²) in [5, 5.41) is 0. The van der Waals surface area contributed by atoms with Crippen molar-refractivity contribution in [2.45, 2.75) is 46.5 Å². The normalized spacial score (nSPS) is 21.6. The lowest BCUT2D eigenvalue weighted by Crippen LogP contribution is -2.17. The molecule has 1 unspecified atom stereocenters. The second-order valence-electron chi connectivity index (χ2n) is 5.04. The monoisotopic (exact) mass is 236 g/mol. The summed E-state index contributed by atoms with van der Waals surface area (Å²) >= 11 is 0. The first-order valence-electron chi connectivity index (χ1n) is 6.54. The summed E-state index contributed by atoms with van der Waals surface area (Å²) in [6.07, 6.45) is 6.51. The molecule has 0 aromatic heterocycles. The highest BCUT2D eigenvalue weighted by Crippen LogP contribution is 2.32. The Labute approximate surface area is 105 Å². The predicted molar refractivity (Wildman–Crippen MR) is 70.7 cm³/mol. The van der Waals surface area contributed by atoms with Crippen molar-refractivity contribution in [3.8, 4) is 0 Å². The minimum absolute atomic E-state index is 0.0231. The van der Waals surface area contributed by atoms with Gasteiger partial charge in [0.05, 0.1) is 12.5 Å². The molecule has 0 bridgehead atoms. The summed E-state index contributed by atoms with van der Waals surface area (Å²) in [4.78, 5) is 11.6. The van der Waals surface area contributed by atoms with Crippen molar-refractivity contribution in [3.63, 3.8) is 0 Å². The quantitative estimate of drug-likeness (QED) is 0.535. The average Bonchev–Trinajstić information content (AvgIpc) is 2.29. The predicted octanol–water partition coefficient (Wildman–Crippen LogP) is 3.88. The van der Waals surface area contributed by atoms with Gasteiger partial charge < -0.3 is 4.74 Å². The van der Waals surface area contributed by atoms with Crippen LogP contribution in [0, 0.1) is 11.8 Å². The first-order valence-corrected chi connectivity index (χ1v) is 6.54. The molecule has 0 aromatic carbocycles. The van der Waals surface area contributed by atoms with E-state index in [2.05, 4.69) is 19.6 Å². The van der Waals surface area contributed by atoms with Crippen molar-refractivity contribution in [3.05, 3.63) is 23.8 Å². The molecular weight excluding hydrogens is 212 g/mol. The Morgan fingerprint density at radius 2 is 2.35 bits per heavy atom. The highest BCUT2D eigenvalue weighted by atomic mass is 16.5. The van der Waals surface area contributed by atoms with E-state index < -0.39 is 0 Å². The molecule has 0 aromatic rings. The maximum Gasteiger partial charge on any atom is 0.308 e. The molecule has 0 N–H and O–H groups in total. The van der Waals surface area contributed by atoms with Crippen LogP contribution < -0.4 is 0 Å². The fourth-order valence-corrected chi connectivity index (χ4v) is 2.34. The summed E-state index contributed by atoms with van der Waals surface area (Å²) in [5.74, 6) is 0.500. The molecule has 2 heteroatoms. The summed E-state index contributed by atoms with van der Waals surface area (Å²) in [6.45, 7) is 10.4. The summed E-state index contributed by atoms with van der Waals surface area (Å²) in [7, 11) is 0. The van der Waals surface area contributed by atoms with Gasteiger partial charge in [0.15, 0.2) is 0 Å². The largest absolute Gasteiger partial charge is 0.466 e. The Hall–Kier alpha value is -1.05. The van der Waals surface area contributed by atoms with Gasteiger partial charge in [-0.2, -0.15) is 0 Å². The summed E-state index contributed by atoms with van der Waals surface area (Å²) in [5.41, 5.74) is 2.66. The number of hydrogen-bond donors (Lipinski definition) is 0. The minimum atomic E-state index is -0.0779. The van der Waals surface area contributed by atoms with Crippen molar-refractivity contribution in [2.24, 2.45) is 11.8 Å². The molecule has 1 aliphatic carbocycles. The van der Waals surface area contributed by atoms with Gasteiger partial charge >= 0.3 is 5.97 Å². The highest BCUT2D eigenvalue weighted by Gasteiger charge is 2.20. The lowest BCUT2D eigenvalue weighted by molar-refractivity contribution is -0.147. The van der Waals surface area contributed by atoms with Crippen LogP contribution >= 0.6 is 0 Å². The lowest BCUT2D eigenvalue weighted by atomic mass is 9.82. The van der Waals surface area contributed by atoms with Crippen molar-refractivity contribution >= 4 is 5.97 Å². The third-order valence-corrected chi connectivity index (χ3v) is 3.41. The van der Waals surface area contributed by atoms with Crippen LogP contribution in [0.15, 0.2) is 23.8 Å². The number of rotatable bonds is 5. The van der Waals surface area contributed by atoms with Crippen molar-refractivity contribution in [1.29, 1.82) is 0 Å². The number of hydrogen-bond acceptors (Lipinski definition) is 2. The molecule has 0 heterocycles. The van der Waals surface area contributed by atoms with Gasteiger partial charge in [0.2, 0.25) is 0 Å². The van der Waals surface area contributed by atoms with E-state index >= 15 is 0 Å². The third kappa shape index (κ3) is 4.37. The molecule has 0 fully saturated rings. The number of allylic oxidation sites excluding steroid dienone is 3. The van der Waals surface area contributed by atoms with E-state index in [4.69, 9.17) is 4.74 Å². The smallest absolute Gasteiger partial charge is 0.308 e. The molecule has 17 heavy (non-hydrogen) atoms. The van der Waals surface area contributed by atoms with Gasteiger partial charge in [-0.05, 0) is 45.4 Å². The van der Waals surface area contributed by atoms with Crippen molar-refractivity contribution < 1.29 is 9.53 Å². The minimum Gasteiger partial charge on any atom is -0.466 e. The molecule has 0 radical (unpaired) electrons. The number of carbonyl (C=O) groups is 1. The van der Waals surface area contributed by atoms with E-state index in [9.17, 15) is 4.79 Å². The number of esters is 1. The Kier molecular flexibility index (Phi) is 5.46. The van der Waals surface area contributed by atoms with Crippen LogP contribution in [0.3, 0.4) is 0 Å². The highest BCUT2D eigenvalue weighted by molar-refractivity contribution is 5.72. The first-order chi connectivity index (χ1) is 8.04. The van der Waals surface area contributed by atoms with Gasteiger partial charge in [-0.25, -0.2) is 0 Å². The fraction of sp³-hybridized carbons (Fsp3) is 0.667. The van der Waals surface area contributed by atoms with Crippen molar-refractivity contribution in [2.75, 3.05) is 6.61 Å². The second-order valence-corrected chi connectivity index (χ2v) is 5.04. The summed E-state index contributed by atoms with van der Waals surface area (Å²) < 4.78 is 5.04. The first kappa shape index (κ1) is 14.0. The zero-order chi connectivity index (χ0) is 12.8. The van der Waals surface area contributed by atoms with Gasteiger partial charge in [-0.15, -0.1) is 0 Å². The van der Waals surface area contributed by atoms with E-state index in [1.165, 1.54) is 17.6 Å². The Morgan fingerprint density at radius 1 is 1.65 bits per heavy atom. The van der Waals surface area contributed by atoms with Gasteiger partial charge in [0.25, 0.3) is 0 Å².